The van der Waals surface area contributed by atoms with Gasteiger partial charge in [0.2, 0.25) is 0 Å². The molecule has 1 heterocycles. The number of carbonyl (C=O) groups excluding carboxylic acids is 1. The van der Waals surface area contributed by atoms with Crippen LogP contribution in [-0.4, -0.2) is 22.4 Å². The van der Waals surface area contributed by atoms with Crippen LogP contribution in [-0.2, 0) is 0 Å². The Morgan fingerprint density at radius 3 is 2.57 bits per heavy atom. The molecule has 1 rings (SSSR count). The number of unbranched alkanes of at least 4 members (excludes halogenated alkanes) is 1. The summed E-state index contributed by atoms with van der Waals surface area (Å²) in [5, 5.41) is 7.15. The Hall–Kier alpha value is -1.30. The predicted molar refractivity (Wildman–Crippen MR) is 91.0 cm³/mol. The molecule has 0 aromatic carbocycles. The van der Waals surface area contributed by atoms with Gasteiger partial charge in [0.25, 0.3) is 5.91 Å². The highest BCUT2D eigenvalue weighted by molar-refractivity contribution is 7.11. The van der Waals surface area contributed by atoms with Crippen molar-refractivity contribution in [2.75, 3.05) is 11.1 Å². The highest BCUT2D eigenvalue weighted by Crippen LogP contribution is 2.28. The first-order valence-electron chi connectivity index (χ1n) is 7.82. The van der Waals surface area contributed by atoms with Crippen molar-refractivity contribution in [2.45, 2.75) is 71.9 Å². The minimum absolute atomic E-state index is 0.0798. The van der Waals surface area contributed by atoms with Crippen molar-refractivity contribution in [1.29, 1.82) is 0 Å². The second-order valence-electron chi connectivity index (χ2n) is 5.67. The van der Waals surface area contributed by atoms with Gasteiger partial charge in [-0.1, -0.05) is 33.1 Å². The summed E-state index contributed by atoms with van der Waals surface area (Å²) in [7, 11) is 0. The second kappa shape index (κ2) is 8.87. The molecule has 120 valence electrons. The summed E-state index contributed by atoms with van der Waals surface area (Å²) < 4.78 is 4.13. The molecule has 0 spiro atoms. The normalized spacial score (nSPS) is 12.4. The van der Waals surface area contributed by atoms with Crippen LogP contribution in [0.4, 0.5) is 10.8 Å². The van der Waals surface area contributed by atoms with Gasteiger partial charge in [0.1, 0.15) is 10.6 Å². The highest BCUT2D eigenvalue weighted by Gasteiger charge is 2.21. The molecule has 1 atom stereocenters. The summed E-state index contributed by atoms with van der Waals surface area (Å²) in [5.41, 5.74) is 6.36. The van der Waals surface area contributed by atoms with Crippen LogP contribution in [0.1, 0.15) is 70.2 Å². The number of carbonyl (C=O) groups is 1. The third-order valence-electron chi connectivity index (χ3n) is 3.24. The molecule has 5 nitrogen and oxygen atoms in total. The van der Waals surface area contributed by atoms with Crippen molar-refractivity contribution >= 4 is 28.3 Å². The largest absolute Gasteiger partial charge is 0.382 e. The molecule has 6 heteroatoms. The zero-order chi connectivity index (χ0) is 15.8. The third kappa shape index (κ3) is 5.53. The molecular formula is C15H28N4OS. The molecule has 0 aliphatic rings. The zero-order valence-corrected chi connectivity index (χ0v) is 14.3. The van der Waals surface area contributed by atoms with E-state index in [2.05, 4.69) is 28.9 Å². The Labute approximate surface area is 131 Å². The molecule has 1 unspecified atom stereocenters. The summed E-state index contributed by atoms with van der Waals surface area (Å²) in [4.78, 5) is 12.2. The topological polar surface area (TPSA) is 80.0 Å². The van der Waals surface area contributed by atoms with E-state index in [0.717, 1.165) is 24.3 Å². The summed E-state index contributed by atoms with van der Waals surface area (Å²) >= 11 is 1.27. The third-order valence-corrected chi connectivity index (χ3v) is 4.04. The van der Waals surface area contributed by atoms with Gasteiger partial charge < -0.3 is 16.4 Å². The molecule has 0 aliphatic carbocycles. The Morgan fingerprint density at radius 1 is 1.29 bits per heavy atom. The molecule has 0 saturated heterocycles. The van der Waals surface area contributed by atoms with Crippen LogP contribution in [0, 0.1) is 0 Å². The number of anilines is 2. The maximum Gasteiger partial charge on any atom is 0.258 e. The lowest BCUT2D eigenvalue weighted by molar-refractivity contribution is 0.0945. The van der Waals surface area contributed by atoms with Crippen LogP contribution in [0.25, 0.3) is 0 Å². The molecule has 0 fully saturated rings. The van der Waals surface area contributed by atoms with Gasteiger partial charge in [-0.15, -0.1) is 0 Å². The average Bonchev–Trinajstić information content (AvgIpc) is 2.76. The van der Waals surface area contributed by atoms with E-state index in [9.17, 15) is 4.79 Å². The zero-order valence-electron chi connectivity index (χ0n) is 13.5. The monoisotopic (exact) mass is 312 g/mol. The predicted octanol–water partition coefficient (Wildman–Crippen LogP) is 3.63. The first-order valence-corrected chi connectivity index (χ1v) is 8.59. The maximum absolute atomic E-state index is 12.2. The van der Waals surface area contributed by atoms with Crippen molar-refractivity contribution in [3.8, 4) is 0 Å². The molecule has 4 N–H and O–H groups in total. The lowest BCUT2D eigenvalue weighted by Crippen LogP contribution is -2.31. The lowest BCUT2D eigenvalue weighted by Gasteiger charge is -2.19. The summed E-state index contributed by atoms with van der Waals surface area (Å²) in [6, 6.07) is 0.455. The average molecular weight is 312 g/mol. The summed E-state index contributed by atoms with van der Waals surface area (Å²) in [5.74, 6) is 0.163. The number of amides is 1. The van der Waals surface area contributed by atoms with E-state index in [1.165, 1.54) is 24.4 Å². The van der Waals surface area contributed by atoms with Crippen molar-refractivity contribution in [2.24, 2.45) is 0 Å². The fraction of sp³-hybridized carbons (Fsp3) is 0.733. The first kappa shape index (κ1) is 17.8. The van der Waals surface area contributed by atoms with Crippen molar-refractivity contribution in [1.82, 2.24) is 9.69 Å². The minimum Gasteiger partial charge on any atom is -0.382 e. The summed E-state index contributed by atoms with van der Waals surface area (Å²) in [6.07, 6.45) is 5.66. The van der Waals surface area contributed by atoms with Crippen molar-refractivity contribution < 1.29 is 4.79 Å². The smallest absolute Gasteiger partial charge is 0.258 e. The lowest BCUT2D eigenvalue weighted by atomic mass is 10.1. The Kier molecular flexibility index (Phi) is 7.50. The molecule has 1 amide bonds. The molecule has 0 aliphatic heterocycles. The van der Waals surface area contributed by atoms with E-state index in [1.807, 2.05) is 13.8 Å². The number of nitrogen functional groups attached to an aromatic ring is 1. The van der Waals surface area contributed by atoms with Crippen molar-refractivity contribution in [3.63, 3.8) is 0 Å². The number of hydrogen-bond donors (Lipinski definition) is 3. The summed E-state index contributed by atoms with van der Waals surface area (Å²) in [6.45, 7) is 8.23. The molecular weight excluding hydrogens is 284 g/mol. The van der Waals surface area contributed by atoms with Gasteiger partial charge >= 0.3 is 0 Å². The van der Waals surface area contributed by atoms with Gasteiger partial charge in [-0.25, -0.2) is 0 Å². The van der Waals surface area contributed by atoms with Gasteiger partial charge in [-0.05, 0) is 38.2 Å². The number of hydrogen-bond acceptors (Lipinski definition) is 5. The molecule has 21 heavy (non-hydrogen) atoms. The Bertz CT molecular complexity index is 445. The van der Waals surface area contributed by atoms with E-state index >= 15 is 0 Å². The van der Waals surface area contributed by atoms with Gasteiger partial charge in [0, 0.05) is 12.1 Å². The van der Waals surface area contributed by atoms with Gasteiger partial charge in [-0.2, -0.15) is 4.37 Å². The van der Waals surface area contributed by atoms with Crippen LogP contribution in [0.5, 0.6) is 0 Å². The van der Waals surface area contributed by atoms with E-state index in [4.69, 9.17) is 5.73 Å². The van der Waals surface area contributed by atoms with Crippen LogP contribution in [0.2, 0.25) is 0 Å². The first-order chi connectivity index (χ1) is 9.99. The Balaban J connectivity index is 2.84. The second-order valence-corrected chi connectivity index (χ2v) is 6.45. The van der Waals surface area contributed by atoms with Gasteiger partial charge in [0.15, 0.2) is 5.82 Å². The Morgan fingerprint density at radius 2 is 2.00 bits per heavy atom. The van der Waals surface area contributed by atoms with E-state index in [0.29, 0.717) is 17.4 Å². The molecule has 1 aromatic heterocycles. The molecule has 0 bridgehead atoms. The fourth-order valence-electron chi connectivity index (χ4n) is 2.23. The van der Waals surface area contributed by atoms with Crippen LogP contribution >= 0.6 is 11.5 Å². The number of nitrogens with one attached hydrogen (secondary N) is 2. The number of nitrogens with zero attached hydrogens (tertiary/aromatic N) is 1. The molecule has 1 aromatic rings. The van der Waals surface area contributed by atoms with Crippen LogP contribution < -0.4 is 16.4 Å². The van der Waals surface area contributed by atoms with E-state index < -0.39 is 0 Å². The quantitative estimate of drug-likeness (QED) is 0.650. The highest BCUT2D eigenvalue weighted by atomic mass is 32.1. The molecule has 0 saturated carbocycles. The standard InChI is InChI=1S/C15H28N4OS/c1-5-7-9-11(8-6-2)18-15-12(13(16)19-21-15)14(20)17-10(3)4/h10-11,18H,5-9H2,1-4H3,(H2,16,19)(H,17,20). The minimum atomic E-state index is -0.149. The number of rotatable bonds is 9. The van der Waals surface area contributed by atoms with Crippen LogP contribution in [0.15, 0.2) is 0 Å². The van der Waals surface area contributed by atoms with Gasteiger partial charge in [0.05, 0.1) is 0 Å². The maximum atomic E-state index is 12.2. The van der Waals surface area contributed by atoms with Gasteiger partial charge in [-0.3, -0.25) is 4.79 Å². The van der Waals surface area contributed by atoms with E-state index in [-0.39, 0.29) is 11.9 Å². The van der Waals surface area contributed by atoms with E-state index in [1.54, 1.807) is 0 Å². The fourth-order valence-corrected chi connectivity index (χ4v) is 3.02. The van der Waals surface area contributed by atoms with Crippen molar-refractivity contribution in [3.05, 3.63) is 5.56 Å². The SMILES string of the molecule is CCCCC(CCC)Nc1snc(N)c1C(=O)NC(C)C. The number of aromatic nitrogens is 1. The molecule has 0 radical (unpaired) electrons. The van der Waals surface area contributed by atoms with Crippen LogP contribution in [0.3, 0.4) is 0 Å². The number of nitrogens with two attached hydrogens (primary N) is 1.